The number of benzene rings is 2. The van der Waals surface area contributed by atoms with E-state index in [4.69, 9.17) is 11.6 Å². The van der Waals surface area contributed by atoms with Gasteiger partial charge in [0.05, 0.1) is 5.69 Å². The second-order valence-corrected chi connectivity index (χ2v) is 5.57. The smallest absolute Gasteiger partial charge is 0.156 e. The minimum Gasteiger partial charge on any atom is -0.508 e. The Bertz CT molecular complexity index is 802. The molecule has 0 saturated carbocycles. The number of hydrogen-bond acceptors (Lipinski definition) is 4. The fraction of sp³-hybridized carbons (Fsp3) is 0.111. The highest BCUT2D eigenvalue weighted by atomic mass is 35.5. The van der Waals surface area contributed by atoms with E-state index in [1.165, 1.54) is 0 Å². The zero-order chi connectivity index (χ0) is 16.2. The van der Waals surface area contributed by atoms with Crippen LogP contribution in [-0.2, 0) is 6.42 Å². The van der Waals surface area contributed by atoms with Crippen LogP contribution >= 0.6 is 11.6 Å². The van der Waals surface area contributed by atoms with E-state index in [1.54, 1.807) is 24.3 Å². The molecule has 0 unspecified atom stereocenters. The zero-order valence-electron chi connectivity index (χ0n) is 12.6. The number of phenols is 1. The average molecular weight is 326 g/mol. The summed E-state index contributed by atoms with van der Waals surface area (Å²) in [6, 6.07) is 16.4. The van der Waals surface area contributed by atoms with E-state index in [0.717, 1.165) is 34.7 Å². The Morgan fingerprint density at radius 3 is 2.35 bits per heavy atom. The molecule has 0 saturated heterocycles. The van der Waals surface area contributed by atoms with Gasteiger partial charge < -0.3 is 10.4 Å². The maximum absolute atomic E-state index is 9.34. The van der Waals surface area contributed by atoms with Gasteiger partial charge in [-0.15, -0.1) is 10.2 Å². The van der Waals surface area contributed by atoms with Crippen LogP contribution < -0.4 is 5.32 Å². The van der Waals surface area contributed by atoms with Crippen molar-refractivity contribution >= 4 is 23.1 Å². The van der Waals surface area contributed by atoms with Crippen molar-refractivity contribution in [3.63, 3.8) is 0 Å². The zero-order valence-corrected chi connectivity index (χ0v) is 13.4. The van der Waals surface area contributed by atoms with Gasteiger partial charge in [-0.3, -0.25) is 0 Å². The van der Waals surface area contributed by atoms with E-state index < -0.39 is 0 Å². The normalized spacial score (nSPS) is 10.5. The van der Waals surface area contributed by atoms with Gasteiger partial charge in [0.2, 0.25) is 0 Å². The number of aryl methyl sites for hydroxylation is 1. The lowest BCUT2D eigenvalue weighted by molar-refractivity contribution is 0.475. The third kappa shape index (κ3) is 3.60. The molecule has 23 heavy (non-hydrogen) atoms. The molecule has 0 amide bonds. The first-order valence-corrected chi connectivity index (χ1v) is 7.72. The molecule has 4 nitrogen and oxygen atoms in total. The summed E-state index contributed by atoms with van der Waals surface area (Å²) in [7, 11) is 0. The molecule has 0 radical (unpaired) electrons. The summed E-state index contributed by atoms with van der Waals surface area (Å²) in [6.07, 6.45) is 0.830. The lowest BCUT2D eigenvalue weighted by atomic mass is 10.1. The quantitative estimate of drug-likeness (QED) is 0.676. The van der Waals surface area contributed by atoms with Crippen molar-refractivity contribution in [1.29, 1.82) is 0 Å². The predicted molar refractivity (Wildman–Crippen MR) is 93.2 cm³/mol. The number of phenolic OH excluding ortho intramolecular Hbond substituents is 1. The maximum Gasteiger partial charge on any atom is 0.156 e. The number of anilines is 2. The summed E-state index contributed by atoms with van der Waals surface area (Å²) >= 11 is 5.92. The molecule has 0 atom stereocenters. The first-order chi connectivity index (χ1) is 11.2. The van der Waals surface area contributed by atoms with Crippen LogP contribution in [0.4, 0.5) is 11.5 Å². The monoisotopic (exact) mass is 325 g/mol. The summed E-state index contributed by atoms with van der Waals surface area (Å²) in [5.41, 5.74) is 3.71. The van der Waals surface area contributed by atoms with Crippen LogP contribution in [0.15, 0.2) is 54.6 Å². The highest BCUT2D eigenvalue weighted by Crippen LogP contribution is 2.25. The lowest BCUT2D eigenvalue weighted by Crippen LogP contribution is -2.01. The van der Waals surface area contributed by atoms with Crippen LogP contribution in [0.3, 0.4) is 0 Å². The molecule has 0 bridgehead atoms. The number of hydrogen-bond donors (Lipinski definition) is 2. The molecule has 5 heteroatoms. The van der Waals surface area contributed by atoms with Gasteiger partial charge in [-0.2, -0.15) is 0 Å². The van der Waals surface area contributed by atoms with Gasteiger partial charge in [-0.05, 0) is 54.4 Å². The number of rotatable bonds is 4. The van der Waals surface area contributed by atoms with E-state index in [-0.39, 0.29) is 5.75 Å². The van der Waals surface area contributed by atoms with E-state index >= 15 is 0 Å². The Morgan fingerprint density at radius 2 is 1.70 bits per heavy atom. The third-order valence-electron chi connectivity index (χ3n) is 3.52. The van der Waals surface area contributed by atoms with E-state index in [1.807, 2.05) is 30.3 Å². The minimum absolute atomic E-state index is 0.232. The molecule has 0 aliphatic heterocycles. The topological polar surface area (TPSA) is 58.0 Å². The Morgan fingerprint density at radius 1 is 1.00 bits per heavy atom. The summed E-state index contributed by atoms with van der Waals surface area (Å²) in [6.45, 7) is 2.07. The second kappa shape index (κ2) is 6.67. The number of aromatic nitrogens is 2. The highest BCUT2D eigenvalue weighted by molar-refractivity contribution is 6.30. The van der Waals surface area contributed by atoms with Crippen molar-refractivity contribution in [1.82, 2.24) is 10.2 Å². The molecule has 3 aromatic rings. The van der Waals surface area contributed by atoms with Gasteiger partial charge in [-0.25, -0.2) is 0 Å². The highest BCUT2D eigenvalue weighted by Gasteiger charge is 2.08. The molecule has 0 spiro atoms. The standard InChI is InChI=1S/C18H16ClN3O/c1-2-12-11-17(13-3-5-14(19)6-4-13)21-22-18(12)20-15-7-9-16(23)10-8-15/h3-11,23H,2H2,1H3,(H,20,22). The van der Waals surface area contributed by atoms with Crippen molar-refractivity contribution < 1.29 is 5.11 Å². The van der Waals surface area contributed by atoms with Crippen LogP contribution in [0.5, 0.6) is 5.75 Å². The van der Waals surface area contributed by atoms with E-state index in [2.05, 4.69) is 22.4 Å². The van der Waals surface area contributed by atoms with Crippen LogP contribution in [0.2, 0.25) is 5.02 Å². The first-order valence-electron chi connectivity index (χ1n) is 7.34. The van der Waals surface area contributed by atoms with Gasteiger partial charge in [0.1, 0.15) is 5.75 Å². The molecule has 1 aromatic heterocycles. The Hall–Kier alpha value is -2.59. The number of halogens is 1. The molecule has 3 rings (SSSR count). The molecule has 0 aliphatic rings. The van der Waals surface area contributed by atoms with Crippen molar-refractivity contribution in [2.45, 2.75) is 13.3 Å². The van der Waals surface area contributed by atoms with Crippen molar-refractivity contribution in [3.05, 3.63) is 65.2 Å². The van der Waals surface area contributed by atoms with Crippen molar-refractivity contribution in [3.8, 4) is 17.0 Å². The number of nitrogens with one attached hydrogen (secondary N) is 1. The van der Waals surface area contributed by atoms with Gasteiger partial charge in [0, 0.05) is 16.3 Å². The maximum atomic E-state index is 9.34. The summed E-state index contributed by atoms with van der Waals surface area (Å²) in [5, 5.41) is 21.9. The largest absolute Gasteiger partial charge is 0.508 e. The molecule has 2 aromatic carbocycles. The lowest BCUT2D eigenvalue weighted by Gasteiger charge is -2.11. The summed E-state index contributed by atoms with van der Waals surface area (Å²) in [5.74, 6) is 0.950. The minimum atomic E-state index is 0.232. The van der Waals surface area contributed by atoms with E-state index in [0.29, 0.717) is 5.02 Å². The van der Waals surface area contributed by atoms with Gasteiger partial charge >= 0.3 is 0 Å². The molecule has 0 fully saturated rings. The second-order valence-electron chi connectivity index (χ2n) is 5.14. The van der Waals surface area contributed by atoms with Crippen LogP contribution in [0.1, 0.15) is 12.5 Å². The fourth-order valence-electron chi connectivity index (χ4n) is 2.25. The van der Waals surface area contributed by atoms with Crippen molar-refractivity contribution in [2.75, 3.05) is 5.32 Å². The van der Waals surface area contributed by atoms with Crippen LogP contribution in [0.25, 0.3) is 11.3 Å². The molecular formula is C18H16ClN3O. The van der Waals surface area contributed by atoms with Crippen LogP contribution in [0, 0.1) is 0 Å². The molecule has 0 aliphatic carbocycles. The number of aromatic hydroxyl groups is 1. The molecule has 2 N–H and O–H groups in total. The average Bonchev–Trinajstić information content (AvgIpc) is 2.58. The SMILES string of the molecule is CCc1cc(-c2ccc(Cl)cc2)nnc1Nc1ccc(O)cc1. The third-order valence-corrected chi connectivity index (χ3v) is 3.78. The van der Waals surface area contributed by atoms with Gasteiger partial charge in [-0.1, -0.05) is 30.7 Å². The fourth-order valence-corrected chi connectivity index (χ4v) is 2.37. The summed E-state index contributed by atoms with van der Waals surface area (Å²) < 4.78 is 0. The molecule has 116 valence electrons. The molecule has 1 heterocycles. The first kappa shape index (κ1) is 15.3. The Kier molecular flexibility index (Phi) is 4.44. The van der Waals surface area contributed by atoms with Crippen molar-refractivity contribution in [2.24, 2.45) is 0 Å². The van der Waals surface area contributed by atoms with Gasteiger partial charge in [0.15, 0.2) is 5.82 Å². The van der Waals surface area contributed by atoms with E-state index in [9.17, 15) is 5.11 Å². The van der Waals surface area contributed by atoms with Gasteiger partial charge in [0.25, 0.3) is 0 Å². The predicted octanol–water partition coefficient (Wildman–Crippen LogP) is 4.81. The van der Waals surface area contributed by atoms with Crippen LogP contribution in [-0.4, -0.2) is 15.3 Å². The Labute approximate surface area is 139 Å². The number of nitrogens with zero attached hydrogens (tertiary/aromatic N) is 2. The summed E-state index contributed by atoms with van der Waals surface area (Å²) in [4.78, 5) is 0. The molecular weight excluding hydrogens is 310 g/mol. The Balaban J connectivity index is 1.90.